The molecule has 0 saturated carbocycles. The zero-order valence-corrected chi connectivity index (χ0v) is 8.59. The molecule has 12 heavy (non-hydrogen) atoms. The van der Waals surface area contributed by atoms with E-state index in [1.807, 2.05) is 0 Å². The number of hydrogen-bond donors (Lipinski definition) is 0. The lowest BCUT2D eigenvalue weighted by Crippen LogP contribution is -2.36. The van der Waals surface area contributed by atoms with Gasteiger partial charge in [-0.05, 0) is 20.8 Å². The summed E-state index contributed by atoms with van der Waals surface area (Å²) in [6.45, 7) is 7.13. The van der Waals surface area contributed by atoms with Crippen LogP contribution < -0.4 is 0 Å². The van der Waals surface area contributed by atoms with E-state index in [0.29, 0.717) is 12.9 Å². The summed E-state index contributed by atoms with van der Waals surface area (Å²) in [5.74, 6) is 0. The second-order valence-corrected chi connectivity index (χ2v) is 3.30. The molecule has 1 unspecified atom stereocenters. The van der Waals surface area contributed by atoms with E-state index in [1.165, 1.54) is 11.4 Å². The van der Waals surface area contributed by atoms with Crippen LogP contribution in [-0.2, 0) is 4.74 Å². The number of rotatable bonds is 2. The Hall–Kier alpha value is -0.700. The van der Waals surface area contributed by atoms with Crippen molar-refractivity contribution in [1.82, 2.24) is 9.80 Å². The van der Waals surface area contributed by atoms with Gasteiger partial charge in [0.05, 0.1) is 0 Å². The molecular weight excluding hydrogens is 152 g/mol. The summed E-state index contributed by atoms with van der Waals surface area (Å²) in [6.07, 6.45) is 0.421. The Kier molecular flexibility index (Phi) is 2.62. The van der Waals surface area contributed by atoms with Crippen molar-refractivity contribution < 1.29 is 4.74 Å². The van der Waals surface area contributed by atoms with Crippen molar-refractivity contribution in [1.29, 1.82) is 0 Å². The van der Waals surface area contributed by atoms with Crippen molar-refractivity contribution in [3.8, 4) is 0 Å². The fraction of sp³-hybridized carbons (Fsp3) is 0.778. The van der Waals surface area contributed by atoms with Gasteiger partial charge in [0.25, 0.3) is 0 Å². The molecule has 0 amide bonds. The zero-order chi connectivity index (χ0) is 9.30. The molecule has 3 heteroatoms. The topological polar surface area (TPSA) is 15.7 Å². The summed E-state index contributed by atoms with van der Waals surface area (Å²) < 4.78 is 5.13. The monoisotopic (exact) mass is 170 g/mol. The first kappa shape index (κ1) is 9.39. The van der Waals surface area contributed by atoms with Crippen LogP contribution in [0.15, 0.2) is 11.4 Å². The Balaban J connectivity index is 2.76. The van der Waals surface area contributed by atoms with E-state index in [4.69, 9.17) is 4.74 Å². The van der Waals surface area contributed by atoms with Crippen molar-refractivity contribution >= 4 is 0 Å². The minimum Gasteiger partial charge on any atom is -0.364 e. The lowest BCUT2D eigenvalue weighted by Gasteiger charge is -2.28. The lowest BCUT2D eigenvalue weighted by molar-refractivity contribution is 0.0431. The molecule has 0 radical (unpaired) electrons. The molecule has 0 spiro atoms. The third kappa shape index (κ3) is 1.29. The quantitative estimate of drug-likeness (QED) is 0.623. The van der Waals surface area contributed by atoms with E-state index in [2.05, 4.69) is 37.6 Å². The standard InChI is InChI=1S/C9H18N2O/c1-7-8(2)11(6-12-5)9(3)10(7)4/h9H,6H2,1-5H3. The average Bonchev–Trinajstić information content (AvgIpc) is 2.23. The molecular formula is C9H18N2O. The van der Waals surface area contributed by atoms with Gasteiger partial charge in [-0.15, -0.1) is 0 Å². The smallest absolute Gasteiger partial charge is 0.120 e. The molecule has 0 bridgehead atoms. The van der Waals surface area contributed by atoms with Crippen molar-refractivity contribution in [2.24, 2.45) is 0 Å². The van der Waals surface area contributed by atoms with Gasteiger partial charge in [-0.3, -0.25) is 0 Å². The summed E-state index contributed by atoms with van der Waals surface area (Å²) in [5, 5.41) is 0. The van der Waals surface area contributed by atoms with Gasteiger partial charge in [-0.1, -0.05) is 0 Å². The molecule has 0 aromatic carbocycles. The van der Waals surface area contributed by atoms with Gasteiger partial charge >= 0.3 is 0 Å². The SMILES string of the molecule is COCN1C(C)=C(C)N(C)C1C. The summed E-state index contributed by atoms with van der Waals surface area (Å²) in [6, 6.07) is 0. The number of methoxy groups -OCH3 is 1. The van der Waals surface area contributed by atoms with Crippen molar-refractivity contribution in [2.75, 3.05) is 20.9 Å². The van der Waals surface area contributed by atoms with Crippen molar-refractivity contribution in [3.63, 3.8) is 0 Å². The van der Waals surface area contributed by atoms with Gasteiger partial charge < -0.3 is 14.5 Å². The highest BCUT2D eigenvalue weighted by Gasteiger charge is 2.27. The first-order valence-corrected chi connectivity index (χ1v) is 4.25. The fourth-order valence-electron chi connectivity index (χ4n) is 1.58. The lowest BCUT2D eigenvalue weighted by atomic mass is 10.4. The molecule has 0 aliphatic carbocycles. The molecule has 1 aliphatic rings. The summed E-state index contributed by atoms with van der Waals surface area (Å²) >= 11 is 0. The molecule has 1 aliphatic heterocycles. The Morgan fingerprint density at radius 2 is 1.92 bits per heavy atom. The first-order valence-electron chi connectivity index (χ1n) is 4.25. The van der Waals surface area contributed by atoms with Crippen LogP contribution in [-0.4, -0.2) is 36.9 Å². The second-order valence-electron chi connectivity index (χ2n) is 3.30. The Bertz CT molecular complexity index is 201. The van der Waals surface area contributed by atoms with Crippen LogP contribution in [0.25, 0.3) is 0 Å². The van der Waals surface area contributed by atoms with Gasteiger partial charge in [-0.2, -0.15) is 0 Å². The van der Waals surface area contributed by atoms with Crippen LogP contribution in [0.1, 0.15) is 20.8 Å². The van der Waals surface area contributed by atoms with Crippen LogP contribution in [0.5, 0.6) is 0 Å². The molecule has 3 nitrogen and oxygen atoms in total. The van der Waals surface area contributed by atoms with Gasteiger partial charge in [-0.25, -0.2) is 0 Å². The molecule has 0 N–H and O–H groups in total. The van der Waals surface area contributed by atoms with E-state index < -0.39 is 0 Å². The van der Waals surface area contributed by atoms with Gasteiger partial charge in [0, 0.05) is 25.6 Å². The van der Waals surface area contributed by atoms with Crippen molar-refractivity contribution in [3.05, 3.63) is 11.4 Å². The van der Waals surface area contributed by atoms with Gasteiger partial charge in [0.1, 0.15) is 12.9 Å². The molecule has 0 saturated heterocycles. The number of ether oxygens (including phenoxy) is 1. The van der Waals surface area contributed by atoms with E-state index in [0.717, 1.165) is 0 Å². The fourth-order valence-corrected chi connectivity index (χ4v) is 1.58. The van der Waals surface area contributed by atoms with E-state index >= 15 is 0 Å². The predicted octanol–water partition coefficient (Wildman–Crippen LogP) is 1.44. The minimum atomic E-state index is 0.421. The highest BCUT2D eigenvalue weighted by atomic mass is 16.5. The van der Waals surface area contributed by atoms with E-state index in [-0.39, 0.29) is 0 Å². The molecule has 0 aromatic heterocycles. The highest BCUT2D eigenvalue weighted by molar-refractivity contribution is 5.14. The Labute approximate surface area is 74.6 Å². The minimum absolute atomic E-state index is 0.421. The van der Waals surface area contributed by atoms with Crippen LogP contribution in [0, 0.1) is 0 Å². The maximum atomic E-state index is 5.13. The maximum absolute atomic E-state index is 5.13. The largest absolute Gasteiger partial charge is 0.364 e. The average molecular weight is 170 g/mol. The van der Waals surface area contributed by atoms with Crippen LogP contribution in [0.2, 0.25) is 0 Å². The van der Waals surface area contributed by atoms with E-state index in [9.17, 15) is 0 Å². The third-order valence-corrected chi connectivity index (χ3v) is 2.76. The summed E-state index contributed by atoms with van der Waals surface area (Å²) in [5.41, 5.74) is 2.64. The second kappa shape index (κ2) is 3.35. The van der Waals surface area contributed by atoms with Crippen LogP contribution >= 0.6 is 0 Å². The Morgan fingerprint density at radius 3 is 2.25 bits per heavy atom. The highest BCUT2D eigenvalue weighted by Crippen LogP contribution is 2.26. The van der Waals surface area contributed by atoms with Gasteiger partial charge in [0.2, 0.25) is 0 Å². The zero-order valence-electron chi connectivity index (χ0n) is 8.59. The number of nitrogens with zero attached hydrogens (tertiary/aromatic N) is 2. The maximum Gasteiger partial charge on any atom is 0.120 e. The molecule has 1 heterocycles. The predicted molar refractivity (Wildman–Crippen MR) is 49.3 cm³/mol. The summed E-state index contributed by atoms with van der Waals surface area (Å²) in [4.78, 5) is 4.50. The summed E-state index contributed by atoms with van der Waals surface area (Å²) in [7, 11) is 3.84. The third-order valence-electron chi connectivity index (χ3n) is 2.76. The molecule has 0 fully saturated rings. The van der Waals surface area contributed by atoms with Crippen molar-refractivity contribution in [2.45, 2.75) is 26.9 Å². The van der Waals surface area contributed by atoms with E-state index in [1.54, 1.807) is 7.11 Å². The molecule has 1 atom stereocenters. The molecule has 0 aromatic rings. The van der Waals surface area contributed by atoms with Crippen LogP contribution in [0.4, 0.5) is 0 Å². The molecule has 70 valence electrons. The molecule has 1 rings (SSSR count). The van der Waals surface area contributed by atoms with Crippen LogP contribution in [0.3, 0.4) is 0 Å². The van der Waals surface area contributed by atoms with Gasteiger partial charge in [0.15, 0.2) is 0 Å². The Morgan fingerprint density at radius 1 is 1.33 bits per heavy atom. The normalized spacial score (nSPS) is 24.2. The first-order chi connectivity index (χ1) is 5.59. The number of allylic oxidation sites excluding steroid dienone is 2. The number of hydrogen-bond acceptors (Lipinski definition) is 3.